The standard InChI is InChI=1S/C18H23N3O2/c1-23-18-8-3-2-7-16(18)21-12-10-20(11-13-21)14-17(22)15-6-4-5-9-19-15/h2-9,17,22H,10-14H2,1H3. The van der Waals surface area contributed by atoms with Crippen molar-refractivity contribution in [2.75, 3.05) is 44.7 Å². The van der Waals surface area contributed by atoms with Gasteiger partial charge in [-0.25, -0.2) is 0 Å². The molecule has 0 bridgehead atoms. The van der Waals surface area contributed by atoms with E-state index < -0.39 is 6.10 Å². The van der Waals surface area contributed by atoms with Gasteiger partial charge in [-0.3, -0.25) is 9.88 Å². The lowest BCUT2D eigenvalue weighted by molar-refractivity contribution is 0.106. The van der Waals surface area contributed by atoms with Crippen molar-refractivity contribution in [3.63, 3.8) is 0 Å². The highest BCUT2D eigenvalue weighted by molar-refractivity contribution is 5.58. The van der Waals surface area contributed by atoms with E-state index in [-0.39, 0.29) is 0 Å². The largest absolute Gasteiger partial charge is 0.495 e. The number of aromatic nitrogens is 1. The molecule has 3 rings (SSSR count). The number of piperazine rings is 1. The molecule has 0 aliphatic carbocycles. The Hall–Kier alpha value is -2.11. The number of anilines is 1. The zero-order chi connectivity index (χ0) is 16.1. The molecule has 5 nitrogen and oxygen atoms in total. The van der Waals surface area contributed by atoms with Crippen molar-refractivity contribution >= 4 is 5.69 Å². The average Bonchev–Trinajstić information content (AvgIpc) is 2.63. The second-order valence-corrected chi connectivity index (χ2v) is 5.73. The van der Waals surface area contributed by atoms with Gasteiger partial charge in [-0.05, 0) is 24.3 Å². The Kier molecular flexibility index (Phi) is 5.10. The van der Waals surface area contributed by atoms with Crippen molar-refractivity contribution in [2.45, 2.75) is 6.10 Å². The van der Waals surface area contributed by atoms with Crippen molar-refractivity contribution in [2.24, 2.45) is 0 Å². The maximum absolute atomic E-state index is 10.3. The zero-order valence-electron chi connectivity index (χ0n) is 13.4. The molecule has 1 aliphatic heterocycles. The summed E-state index contributed by atoms with van der Waals surface area (Å²) in [6, 6.07) is 13.8. The van der Waals surface area contributed by atoms with Crippen LogP contribution in [0.2, 0.25) is 0 Å². The third-order valence-electron chi connectivity index (χ3n) is 4.26. The number of ether oxygens (including phenoxy) is 1. The molecule has 1 atom stereocenters. The first-order valence-corrected chi connectivity index (χ1v) is 7.97. The van der Waals surface area contributed by atoms with Crippen LogP contribution in [0.3, 0.4) is 0 Å². The van der Waals surface area contributed by atoms with Crippen LogP contribution in [0, 0.1) is 0 Å². The van der Waals surface area contributed by atoms with Gasteiger partial charge in [-0.15, -0.1) is 0 Å². The maximum atomic E-state index is 10.3. The second-order valence-electron chi connectivity index (χ2n) is 5.73. The van der Waals surface area contributed by atoms with Crippen LogP contribution in [0.1, 0.15) is 11.8 Å². The summed E-state index contributed by atoms with van der Waals surface area (Å²) >= 11 is 0. The lowest BCUT2D eigenvalue weighted by Gasteiger charge is -2.37. The molecule has 2 heterocycles. The summed E-state index contributed by atoms with van der Waals surface area (Å²) in [5, 5.41) is 10.3. The first-order chi connectivity index (χ1) is 11.3. The number of nitrogens with zero attached hydrogens (tertiary/aromatic N) is 3. The van der Waals surface area contributed by atoms with Gasteiger partial charge in [0, 0.05) is 38.9 Å². The summed E-state index contributed by atoms with van der Waals surface area (Å²) in [5.74, 6) is 0.912. The average molecular weight is 313 g/mol. The molecule has 0 saturated carbocycles. The van der Waals surface area contributed by atoms with Crippen molar-refractivity contribution < 1.29 is 9.84 Å². The molecule has 1 N–H and O–H groups in total. The molecular formula is C18H23N3O2. The number of pyridine rings is 1. The summed E-state index contributed by atoms with van der Waals surface area (Å²) in [6.45, 7) is 4.31. The van der Waals surface area contributed by atoms with Crippen molar-refractivity contribution in [3.05, 3.63) is 54.4 Å². The Bertz CT molecular complexity index is 613. The molecule has 0 amide bonds. The molecule has 5 heteroatoms. The normalized spacial score (nSPS) is 17.0. The van der Waals surface area contributed by atoms with E-state index >= 15 is 0 Å². The molecule has 1 aromatic carbocycles. The molecule has 0 radical (unpaired) electrons. The van der Waals surface area contributed by atoms with Crippen molar-refractivity contribution in [3.8, 4) is 5.75 Å². The van der Waals surface area contributed by atoms with Gasteiger partial charge in [-0.2, -0.15) is 0 Å². The summed E-state index contributed by atoms with van der Waals surface area (Å²) < 4.78 is 5.44. The quantitative estimate of drug-likeness (QED) is 0.914. The monoisotopic (exact) mass is 313 g/mol. The third kappa shape index (κ3) is 3.81. The van der Waals surface area contributed by atoms with Crippen LogP contribution < -0.4 is 9.64 Å². The zero-order valence-corrected chi connectivity index (χ0v) is 13.4. The summed E-state index contributed by atoms with van der Waals surface area (Å²) in [7, 11) is 1.71. The molecule has 1 saturated heterocycles. The molecule has 2 aromatic rings. The molecule has 1 aromatic heterocycles. The highest BCUT2D eigenvalue weighted by Crippen LogP contribution is 2.28. The van der Waals surface area contributed by atoms with Gasteiger partial charge in [0.05, 0.1) is 18.5 Å². The Morgan fingerprint density at radius 2 is 1.83 bits per heavy atom. The first kappa shape index (κ1) is 15.8. The van der Waals surface area contributed by atoms with Crippen LogP contribution in [0.4, 0.5) is 5.69 Å². The van der Waals surface area contributed by atoms with Crippen LogP contribution in [0.15, 0.2) is 48.7 Å². The molecule has 0 spiro atoms. The predicted octanol–water partition coefficient (Wildman–Crippen LogP) is 1.95. The number of hydrogen-bond donors (Lipinski definition) is 1. The number of aliphatic hydroxyl groups is 1. The SMILES string of the molecule is COc1ccccc1N1CCN(CC(O)c2ccccn2)CC1. The summed E-state index contributed by atoms with van der Waals surface area (Å²) in [4.78, 5) is 8.84. The van der Waals surface area contributed by atoms with Gasteiger partial charge in [0.2, 0.25) is 0 Å². The number of methoxy groups -OCH3 is 1. The first-order valence-electron chi connectivity index (χ1n) is 7.97. The van der Waals surface area contributed by atoms with E-state index in [4.69, 9.17) is 4.74 Å². The minimum Gasteiger partial charge on any atom is -0.495 e. The molecule has 1 unspecified atom stereocenters. The number of hydrogen-bond acceptors (Lipinski definition) is 5. The van der Waals surface area contributed by atoms with Crippen LogP contribution in [-0.4, -0.2) is 54.8 Å². The summed E-state index contributed by atoms with van der Waals surface area (Å²) in [6.07, 6.45) is 1.19. The van der Waals surface area contributed by atoms with E-state index in [2.05, 4.69) is 20.9 Å². The van der Waals surface area contributed by atoms with Gasteiger partial charge >= 0.3 is 0 Å². The number of benzene rings is 1. The smallest absolute Gasteiger partial charge is 0.142 e. The van der Waals surface area contributed by atoms with Gasteiger partial charge in [0.25, 0.3) is 0 Å². The Labute approximate surface area is 137 Å². The van der Waals surface area contributed by atoms with Crippen molar-refractivity contribution in [1.82, 2.24) is 9.88 Å². The van der Waals surface area contributed by atoms with Crippen LogP contribution >= 0.6 is 0 Å². The van der Waals surface area contributed by atoms with Gasteiger partial charge in [-0.1, -0.05) is 18.2 Å². The maximum Gasteiger partial charge on any atom is 0.142 e. The third-order valence-corrected chi connectivity index (χ3v) is 4.26. The molecule has 1 fully saturated rings. The van der Waals surface area contributed by atoms with E-state index in [1.165, 1.54) is 0 Å². The van der Waals surface area contributed by atoms with Gasteiger partial charge in [0.15, 0.2) is 0 Å². The fourth-order valence-electron chi connectivity index (χ4n) is 2.97. The van der Waals surface area contributed by atoms with E-state index in [9.17, 15) is 5.11 Å². The Morgan fingerprint density at radius 3 is 2.52 bits per heavy atom. The molecular weight excluding hydrogens is 290 g/mol. The lowest BCUT2D eigenvalue weighted by atomic mass is 10.2. The molecule has 1 aliphatic rings. The van der Waals surface area contributed by atoms with E-state index in [1.807, 2.05) is 36.4 Å². The Balaban J connectivity index is 1.56. The number of para-hydroxylation sites is 2. The fraction of sp³-hybridized carbons (Fsp3) is 0.389. The van der Waals surface area contributed by atoms with E-state index in [0.29, 0.717) is 6.54 Å². The second kappa shape index (κ2) is 7.44. The lowest BCUT2D eigenvalue weighted by Crippen LogP contribution is -2.47. The van der Waals surface area contributed by atoms with Crippen molar-refractivity contribution in [1.29, 1.82) is 0 Å². The van der Waals surface area contributed by atoms with Crippen LogP contribution in [0.25, 0.3) is 0 Å². The highest BCUT2D eigenvalue weighted by Gasteiger charge is 2.22. The van der Waals surface area contributed by atoms with E-state index in [1.54, 1.807) is 13.3 Å². The molecule has 122 valence electrons. The van der Waals surface area contributed by atoms with Gasteiger partial charge in [0.1, 0.15) is 11.9 Å². The minimum atomic E-state index is -0.533. The fourth-order valence-corrected chi connectivity index (χ4v) is 2.97. The molecule has 23 heavy (non-hydrogen) atoms. The van der Waals surface area contributed by atoms with E-state index in [0.717, 1.165) is 43.3 Å². The summed E-state index contributed by atoms with van der Waals surface area (Å²) in [5.41, 5.74) is 1.87. The highest BCUT2D eigenvalue weighted by atomic mass is 16.5. The van der Waals surface area contributed by atoms with Crippen LogP contribution in [-0.2, 0) is 0 Å². The number of rotatable bonds is 5. The number of β-amino-alcohol motifs (C(OH)–C–C–N with tert-alkyl or cyclic N) is 1. The number of aliphatic hydroxyl groups excluding tert-OH is 1. The topological polar surface area (TPSA) is 48.8 Å². The minimum absolute atomic E-state index is 0.533. The van der Waals surface area contributed by atoms with Gasteiger partial charge < -0.3 is 14.7 Å². The Morgan fingerprint density at radius 1 is 1.09 bits per heavy atom. The van der Waals surface area contributed by atoms with Crippen LogP contribution in [0.5, 0.6) is 5.75 Å². The predicted molar refractivity (Wildman–Crippen MR) is 90.8 cm³/mol.